The molecule has 0 aliphatic heterocycles. The number of halogens is 2. The van der Waals surface area contributed by atoms with Crippen LogP contribution in [0.25, 0.3) is 0 Å². The minimum atomic E-state index is 0.00137. The summed E-state index contributed by atoms with van der Waals surface area (Å²) >= 11 is 8.24. The van der Waals surface area contributed by atoms with E-state index in [9.17, 15) is 4.79 Å². The van der Waals surface area contributed by atoms with Gasteiger partial charge >= 0.3 is 0 Å². The molecule has 0 fully saturated rings. The van der Waals surface area contributed by atoms with Crippen LogP contribution in [-0.2, 0) is 0 Å². The maximum absolute atomic E-state index is 12.2. The van der Waals surface area contributed by atoms with E-state index in [1.165, 1.54) is 11.3 Å². The number of carbonyl (C=O) groups excluding carboxylic acids is 1. The highest BCUT2D eigenvalue weighted by atomic mass is 79.9. The number of rotatable bonds is 3. The molecule has 0 aliphatic rings. The normalized spacial score (nSPS) is 10.3. The van der Waals surface area contributed by atoms with Crippen molar-refractivity contribution in [2.24, 2.45) is 0 Å². The van der Waals surface area contributed by atoms with E-state index in [-0.39, 0.29) is 5.78 Å². The van der Waals surface area contributed by atoms with E-state index in [2.05, 4.69) is 31.9 Å². The molecule has 0 saturated carbocycles. The number of carbonyl (C=O) groups is 1. The van der Waals surface area contributed by atoms with Crippen molar-refractivity contribution >= 4 is 49.0 Å². The lowest BCUT2D eigenvalue weighted by Gasteiger charge is -2.02. The van der Waals surface area contributed by atoms with Crippen LogP contribution in [0.3, 0.4) is 0 Å². The van der Waals surface area contributed by atoms with Crippen LogP contribution in [0.2, 0.25) is 0 Å². The summed E-state index contributed by atoms with van der Waals surface area (Å²) in [5.74, 6) is 0.744. The molecule has 0 spiro atoms. The van der Waals surface area contributed by atoms with Gasteiger partial charge in [0.15, 0.2) is 5.78 Å². The van der Waals surface area contributed by atoms with Gasteiger partial charge in [0, 0.05) is 11.1 Å². The minimum absolute atomic E-state index is 0.00137. The Morgan fingerprint density at radius 1 is 1.24 bits per heavy atom. The second kappa shape index (κ2) is 5.33. The number of hydrogen-bond acceptors (Lipinski definition) is 3. The van der Waals surface area contributed by atoms with Crippen LogP contribution in [0.4, 0.5) is 0 Å². The average molecular weight is 376 g/mol. The molecule has 0 saturated heterocycles. The van der Waals surface area contributed by atoms with Crippen molar-refractivity contribution in [2.45, 2.75) is 0 Å². The monoisotopic (exact) mass is 374 g/mol. The van der Waals surface area contributed by atoms with Gasteiger partial charge in [0.1, 0.15) is 5.75 Å². The van der Waals surface area contributed by atoms with Gasteiger partial charge in [0.05, 0.1) is 14.7 Å². The summed E-state index contributed by atoms with van der Waals surface area (Å²) in [4.78, 5) is 12.2. The zero-order chi connectivity index (χ0) is 12.4. The lowest BCUT2D eigenvalue weighted by Crippen LogP contribution is -2.00. The highest BCUT2D eigenvalue weighted by Gasteiger charge is 2.15. The fourth-order valence-corrected chi connectivity index (χ4v) is 4.19. The third-order valence-electron chi connectivity index (χ3n) is 2.25. The zero-order valence-corrected chi connectivity index (χ0v) is 12.9. The largest absolute Gasteiger partial charge is 0.497 e. The molecular weight excluding hydrogens is 368 g/mol. The molecule has 1 aromatic carbocycles. The Bertz CT molecular complexity index is 546. The maximum atomic E-state index is 12.2. The van der Waals surface area contributed by atoms with Gasteiger partial charge in [-0.15, -0.1) is 11.3 Å². The smallest absolute Gasteiger partial charge is 0.195 e. The molecule has 1 heterocycles. The quantitative estimate of drug-likeness (QED) is 0.737. The van der Waals surface area contributed by atoms with E-state index in [1.54, 1.807) is 31.4 Å². The molecule has 0 unspecified atom stereocenters. The second-order valence-electron chi connectivity index (χ2n) is 3.30. The van der Waals surface area contributed by atoms with Crippen LogP contribution < -0.4 is 4.74 Å². The van der Waals surface area contributed by atoms with Crippen molar-refractivity contribution in [1.29, 1.82) is 0 Å². The Balaban J connectivity index is 2.33. The summed E-state index contributed by atoms with van der Waals surface area (Å²) in [6.45, 7) is 0. The highest BCUT2D eigenvalue weighted by Crippen LogP contribution is 2.33. The molecule has 2 aromatic rings. The van der Waals surface area contributed by atoms with Gasteiger partial charge in [0.25, 0.3) is 0 Å². The molecule has 0 amide bonds. The molecule has 88 valence electrons. The first-order valence-corrected chi connectivity index (χ1v) is 7.15. The first-order chi connectivity index (χ1) is 8.11. The second-order valence-corrected chi connectivity index (χ2v) is 7.04. The van der Waals surface area contributed by atoms with Gasteiger partial charge in [-0.25, -0.2) is 0 Å². The predicted octanol–water partition coefficient (Wildman–Crippen LogP) is 4.51. The van der Waals surface area contributed by atoms with E-state index in [0.29, 0.717) is 11.1 Å². The van der Waals surface area contributed by atoms with Crippen molar-refractivity contribution in [2.75, 3.05) is 7.11 Å². The first kappa shape index (κ1) is 12.8. The molecule has 5 heteroatoms. The fourth-order valence-electron chi connectivity index (χ4n) is 1.39. The Hall–Kier alpha value is -0.650. The van der Waals surface area contributed by atoms with Crippen molar-refractivity contribution < 1.29 is 9.53 Å². The number of benzene rings is 1. The van der Waals surface area contributed by atoms with Crippen molar-refractivity contribution in [3.05, 3.63) is 49.0 Å². The van der Waals surface area contributed by atoms with Crippen LogP contribution >= 0.6 is 43.2 Å². The van der Waals surface area contributed by atoms with E-state index in [0.717, 1.165) is 13.3 Å². The molecule has 0 bridgehead atoms. The SMILES string of the molecule is COc1ccc(C(=O)c2cc(Br)sc2Br)cc1. The Morgan fingerprint density at radius 2 is 1.88 bits per heavy atom. The third-order valence-corrected chi connectivity index (χ3v) is 4.59. The van der Waals surface area contributed by atoms with Gasteiger partial charge in [-0.05, 0) is 62.2 Å². The van der Waals surface area contributed by atoms with E-state index >= 15 is 0 Å². The van der Waals surface area contributed by atoms with Gasteiger partial charge in [-0.3, -0.25) is 4.79 Å². The summed E-state index contributed by atoms with van der Waals surface area (Å²) in [5.41, 5.74) is 1.32. The molecular formula is C12H8Br2O2S. The fraction of sp³-hybridized carbons (Fsp3) is 0.0833. The first-order valence-electron chi connectivity index (χ1n) is 4.75. The molecule has 1 aromatic heterocycles. The van der Waals surface area contributed by atoms with Gasteiger partial charge in [-0.2, -0.15) is 0 Å². The Labute approximate surface area is 120 Å². The van der Waals surface area contributed by atoms with Gasteiger partial charge < -0.3 is 4.74 Å². The number of ether oxygens (including phenoxy) is 1. The summed E-state index contributed by atoms with van der Waals surface area (Å²) in [6, 6.07) is 8.91. The van der Waals surface area contributed by atoms with E-state index in [1.807, 2.05) is 6.07 Å². The van der Waals surface area contributed by atoms with E-state index < -0.39 is 0 Å². The van der Waals surface area contributed by atoms with Crippen LogP contribution in [0.15, 0.2) is 37.9 Å². The van der Waals surface area contributed by atoms with Crippen molar-refractivity contribution in [1.82, 2.24) is 0 Å². The Kier molecular flexibility index (Phi) is 4.01. The molecule has 0 radical (unpaired) electrons. The van der Waals surface area contributed by atoms with Crippen molar-refractivity contribution in [3.8, 4) is 5.75 Å². The lowest BCUT2D eigenvalue weighted by molar-refractivity contribution is 0.103. The molecule has 0 aliphatic carbocycles. The summed E-state index contributed by atoms with van der Waals surface area (Å²) in [7, 11) is 1.60. The molecule has 17 heavy (non-hydrogen) atoms. The standard InChI is InChI=1S/C12H8Br2O2S/c1-16-8-4-2-7(3-5-8)11(15)9-6-10(13)17-12(9)14/h2-6H,1H3. The van der Waals surface area contributed by atoms with Crippen LogP contribution in [0.1, 0.15) is 15.9 Å². The van der Waals surface area contributed by atoms with Crippen molar-refractivity contribution in [3.63, 3.8) is 0 Å². The number of hydrogen-bond donors (Lipinski definition) is 0. The summed E-state index contributed by atoms with van der Waals surface area (Å²) in [5, 5.41) is 0. The Morgan fingerprint density at radius 3 is 2.35 bits per heavy atom. The van der Waals surface area contributed by atoms with Crippen LogP contribution in [0.5, 0.6) is 5.75 Å². The number of ketones is 1. The average Bonchev–Trinajstić information content (AvgIpc) is 2.68. The molecule has 0 atom stereocenters. The number of thiophene rings is 1. The molecule has 0 N–H and O–H groups in total. The third kappa shape index (κ3) is 2.78. The van der Waals surface area contributed by atoms with Gasteiger partial charge in [0.2, 0.25) is 0 Å². The minimum Gasteiger partial charge on any atom is -0.497 e. The zero-order valence-electron chi connectivity index (χ0n) is 8.87. The highest BCUT2D eigenvalue weighted by molar-refractivity contribution is 9.12. The van der Waals surface area contributed by atoms with E-state index in [4.69, 9.17) is 4.74 Å². The van der Waals surface area contributed by atoms with Crippen LogP contribution in [0, 0.1) is 0 Å². The van der Waals surface area contributed by atoms with Crippen LogP contribution in [-0.4, -0.2) is 12.9 Å². The summed E-state index contributed by atoms with van der Waals surface area (Å²) < 4.78 is 6.83. The molecule has 2 rings (SSSR count). The predicted molar refractivity (Wildman–Crippen MR) is 76.1 cm³/mol. The lowest BCUT2D eigenvalue weighted by atomic mass is 10.1. The summed E-state index contributed by atoms with van der Waals surface area (Å²) in [6.07, 6.45) is 0. The molecule has 2 nitrogen and oxygen atoms in total. The van der Waals surface area contributed by atoms with Gasteiger partial charge in [-0.1, -0.05) is 0 Å². The number of methoxy groups -OCH3 is 1. The maximum Gasteiger partial charge on any atom is 0.195 e. The topological polar surface area (TPSA) is 26.3 Å².